The summed E-state index contributed by atoms with van der Waals surface area (Å²) in [7, 11) is 0. The second kappa shape index (κ2) is 29.8. The molecule has 4 atom stereocenters. The van der Waals surface area contributed by atoms with Crippen LogP contribution in [0.15, 0.2) is 117 Å². The number of aliphatic hydroxyl groups excluding tert-OH is 2. The van der Waals surface area contributed by atoms with E-state index in [2.05, 4.69) is 41.1 Å². The summed E-state index contributed by atoms with van der Waals surface area (Å²) in [6, 6.07) is 24.5. The SMILES string of the molecule is CCCc1c(Cc2ccc(-c3ccccc3C3=NC(O)ON3)cc2F)c(=O)n(C2CCC(OC(C)C(C)(C)O)CC2)c2ncnn12.CCCc1c(Cc2ccc(-c3ccccc3C3=NC(O)ON3)cc2F)c(=O)n(C2CCC(OC(C)C(C)(C)O)CC2)c2ncnn12.[K+]. The summed E-state index contributed by atoms with van der Waals surface area (Å²) < 4.78 is 51.1. The van der Waals surface area contributed by atoms with E-state index in [0.29, 0.717) is 117 Å². The van der Waals surface area contributed by atoms with Crippen molar-refractivity contribution in [1.29, 1.82) is 0 Å². The number of aryl methyl sites for hydroxylation is 2. The Morgan fingerprint density at radius 2 is 0.946 bits per heavy atom. The Hall–Kier alpha value is -6.30. The molecule has 6 N–H and O–H groups in total. The third-order valence-electron chi connectivity index (χ3n) is 18.3. The molecule has 2 saturated carbocycles. The molecule has 2 aliphatic carbocycles. The molecule has 93 heavy (non-hydrogen) atoms. The number of aliphatic hydroxyl groups is 4. The Morgan fingerprint density at radius 1 is 0.581 bits per heavy atom. The molecule has 0 spiro atoms. The molecule has 4 aromatic heterocycles. The average Bonchev–Trinajstić information content (AvgIpc) is 1.75. The molecule has 4 unspecified atom stereocenters. The maximum absolute atomic E-state index is 15.9. The molecule has 12 rings (SSSR count). The molecule has 0 saturated heterocycles. The number of nitrogens with zero attached hydrogens (tertiary/aromatic N) is 10. The van der Waals surface area contributed by atoms with E-state index in [1.54, 1.807) is 58.0 Å². The molecule has 488 valence electrons. The maximum Gasteiger partial charge on any atom is 1.00 e. The van der Waals surface area contributed by atoms with Crippen LogP contribution in [0.3, 0.4) is 0 Å². The second-order valence-electron chi connectivity index (χ2n) is 25.5. The zero-order valence-electron chi connectivity index (χ0n) is 54.2. The number of nitrogens with one attached hydrogen (secondary N) is 2. The Bertz CT molecular complexity index is 3880. The van der Waals surface area contributed by atoms with Gasteiger partial charge < -0.3 is 29.9 Å². The second-order valence-corrected chi connectivity index (χ2v) is 25.5. The van der Waals surface area contributed by atoms with Gasteiger partial charge in [-0.1, -0.05) is 99.5 Å². The van der Waals surface area contributed by atoms with Gasteiger partial charge in [-0.05, 0) is 151 Å². The molecular formula is C68H82F2KN12O10+. The number of hydroxylamine groups is 2. The summed E-state index contributed by atoms with van der Waals surface area (Å²) in [5.41, 5.74) is 10.3. The van der Waals surface area contributed by atoms with E-state index in [9.17, 15) is 30.0 Å². The van der Waals surface area contributed by atoms with Crippen molar-refractivity contribution in [2.75, 3.05) is 0 Å². The normalized spacial score (nSPS) is 20.7. The average molecular weight is 1300 g/mol. The van der Waals surface area contributed by atoms with Gasteiger partial charge in [-0.25, -0.2) is 48.4 Å². The molecule has 4 aromatic carbocycles. The number of hydrogen-bond donors (Lipinski definition) is 6. The van der Waals surface area contributed by atoms with E-state index in [1.165, 1.54) is 24.8 Å². The van der Waals surface area contributed by atoms with Crippen molar-refractivity contribution in [3.63, 3.8) is 0 Å². The number of benzene rings is 4. The minimum atomic E-state index is -1.31. The van der Waals surface area contributed by atoms with E-state index in [4.69, 9.17) is 19.1 Å². The zero-order valence-corrected chi connectivity index (χ0v) is 57.3. The number of rotatable bonds is 20. The summed E-state index contributed by atoms with van der Waals surface area (Å²) in [5.74, 6) is 0.829. The topological polar surface area (TPSA) is 271 Å². The predicted octanol–water partition coefficient (Wildman–Crippen LogP) is 5.92. The fourth-order valence-electron chi connectivity index (χ4n) is 12.7. The first-order valence-electron chi connectivity index (χ1n) is 31.9. The van der Waals surface area contributed by atoms with Crippen molar-refractivity contribution >= 4 is 23.2 Å². The van der Waals surface area contributed by atoms with Crippen LogP contribution in [0, 0.1) is 11.6 Å². The first kappa shape index (κ1) is 69.5. The van der Waals surface area contributed by atoms with E-state index < -0.39 is 35.7 Å². The number of aliphatic imine (C=N–C) groups is 2. The van der Waals surface area contributed by atoms with Gasteiger partial charge >= 0.3 is 51.4 Å². The first-order valence-corrected chi connectivity index (χ1v) is 31.9. The number of aromatic nitrogens is 8. The van der Waals surface area contributed by atoms with Crippen molar-refractivity contribution in [2.45, 2.75) is 206 Å². The third-order valence-corrected chi connectivity index (χ3v) is 18.3. The summed E-state index contributed by atoms with van der Waals surface area (Å²) >= 11 is 0. The first-order chi connectivity index (χ1) is 44.1. The van der Waals surface area contributed by atoms with Crippen molar-refractivity contribution in [3.05, 3.63) is 175 Å². The van der Waals surface area contributed by atoms with Crippen LogP contribution >= 0.6 is 0 Å². The third kappa shape index (κ3) is 15.4. The van der Waals surface area contributed by atoms with Gasteiger partial charge in [0.1, 0.15) is 24.3 Å². The van der Waals surface area contributed by atoms with E-state index in [0.717, 1.165) is 49.9 Å². The van der Waals surface area contributed by atoms with Gasteiger partial charge in [-0.3, -0.25) is 18.7 Å². The van der Waals surface area contributed by atoms with Crippen LogP contribution in [-0.4, -0.2) is 119 Å². The zero-order chi connectivity index (χ0) is 65.2. The number of halogens is 2. The molecule has 4 aliphatic rings. The standard InChI is InChI=1S/2C34H41FN6O5.K/c2*1-5-8-29-27(17-22-12-11-21(18-28(22)35)25-9-6-7-10-26(25)30-38-33(43)46-39-30)31(42)40(32-36-19-37-41(29)32)23-13-15-24(16-14-23)45-20(2)34(3,4)44;/h2*6-7,9-12,18-20,23-24,33,43-44H,5,8,13-17H2,1-4H3,(H,38,39);/q;;+1. The Morgan fingerprint density at radius 3 is 1.27 bits per heavy atom. The Kier molecular flexibility index (Phi) is 22.3. The van der Waals surface area contributed by atoms with Crippen LogP contribution in [0.5, 0.6) is 0 Å². The van der Waals surface area contributed by atoms with Gasteiger partial charge in [-0.2, -0.15) is 20.2 Å². The molecule has 8 aromatic rings. The van der Waals surface area contributed by atoms with Gasteiger partial charge in [0, 0.05) is 47.2 Å². The molecular weight excluding hydrogens is 1220 g/mol. The van der Waals surface area contributed by atoms with Crippen molar-refractivity contribution in [2.24, 2.45) is 9.98 Å². The molecule has 22 nitrogen and oxygen atoms in total. The van der Waals surface area contributed by atoms with Crippen molar-refractivity contribution in [3.8, 4) is 22.3 Å². The molecule has 25 heteroatoms. The Labute approximate surface area is 580 Å². The maximum atomic E-state index is 15.9. The number of amidine groups is 2. The molecule has 0 bridgehead atoms. The fraction of sp³-hybridized carbons (Fsp3) is 0.471. The quantitative estimate of drug-likeness (QED) is 0.0484. The van der Waals surface area contributed by atoms with E-state index >= 15 is 8.78 Å². The summed E-state index contributed by atoms with van der Waals surface area (Å²) in [5, 5.41) is 49.0. The smallest absolute Gasteiger partial charge is 0.388 e. The number of fused-ring (bicyclic) bond motifs is 2. The molecule has 0 amide bonds. The largest absolute Gasteiger partial charge is 1.00 e. The van der Waals surface area contributed by atoms with Crippen LogP contribution in [0.2, 0.25) is 0 Å². The van der Waals surface area contributed by atoms with E-state index in [1.807, 2.05) is 88.4 Å². The molecule has 6 heterocycles. The van der Waals surface area contributed by atoms with E-state index in [-0.39, 0.29) is 112 Å². The van der Waals surface area contributed by atoms with Crippen molar-refractivity contribution < 1.29 is 99.7 Å². The summed E-state index contributed by atoms with van der Waals surface area (Å²) in [6.07, 6.45) is 8.45. The predicted molar refractivity (Wildman–Crippen MR) is 342 cm³/mol. The fourth-order valence-corrected chi connectivity index (χ4v) is 12.7. The van der Waals surface area contributed by atoms with Gasteiger partial charge in [0.2, 0.25) is 11.6 Å². The Balaban J connectivity index is 0.000000201. The van der Waals surface area contributed by atoms with Gasteiger partial charge in [0.15, 0.2) is 11.7 Å². The van der Waals surface area contributed by atoms with Crippen LogP contribution < -0.4 is 73.5 Å². The van der Waals surface area contributed by atoms with Gasteiger partial charge in [0.25, 0.3) is 23.9 Å². The van der Waals surface area contributed by atoms with Crippen molar-refractivity contribution in [1.82, 2.24) is 49.3 Å². The van der Waals surface area contributed by atoms with Gasteiger partial charge in [-0.15, -0.1) is 0 Å². The number of ether oxygens (including phenoxy) is 2. The summed E-state index contributed by atoms with van der Waals surface area (Å²) in [4.78, 5) is 55.6. The molecule has 2 fully saturated rings. The minimum absolute atomic E-state index is 0. The molecule has 2 aliphatic heterocycles. The minimum Gasteiger partial charge on any atom is -0.388 e. The van der Waals surface area contributed by atoms with Gasteiger partial charge in [0.05, 0.1) is 47.0 Å². The number of hydrogen-bond acceptors (Lipinski definition) is 18. The van der Waals surface area contributed by atoms with Crippen LogP contribution in [0.1, 0.15) is 176 Å². The van der Waals surface area contributed by atoms with Crippen LogP contribution in [0.4, 0.5) is 8.78 Å². The molecule has 0 radical (unpaired) electrons. The van der Waals surface area contributed by atoms with Crippen LogP contribution in [0.25, 0.3) is 33.8 Å². The summed E-state index contributed by atoms with van der Waals surface area (Å²) in [6.45, 7) is 14.8. The monoisotopic (exact) mass is 1300 g/mol. The van der Waals surface area contributed by atoms with Crippen LogP contribution in [-0.2, 0) is 44.8 Å².